The summed E-state index contributed by atoms with van der Waals surface area (Å²) in [5.41, 5.74) is 7.77. The zero-order valence-corrected chi connectivity index (χ0v) is 22.3. The maximum atomic E-state index is 13.5. The van der Waals surface area contributed by atoms with Gasteiger partial charge in [-0.15, -0.1) is 0 Å². The average molecular weight is 549 g/mol. The quantitative estimate of drug-likeness (QED) is 0.160. The van der Waals surface area contributed by atoms with E-state index >= 15 is 0 Å². The van der Waals surface area contributed by atoms with Crippen molar-refractivity contribution in [1.82, 2.24) is 16.0 Å². The Labute approximate surface area is 233 Å². The molecule has 0 unspecified atom stereocenters. The van der Waals surface area contributed by atoms with Gasteiger partial charge in [0.05, 0.1) is 6.04 Å². The molecule has 0 saturated heterocycles. The number of amides is 3. The second-order valence-electron chi connectivity index (χ2n) is 9.64. The van der Waals surface area contributed by atoms with Gasteiger partial charge in [-0.3, -0.25) is 14.4 Å². The molecule has 3 aromatic carbocycles. The molecule has 212 valence electrons. The molecule has 0 radical (unpaired) electrons. The van der Waals surface area contributed by atoms with E-state index in [4.69, 9.17) is 5.73 Å². The number of hydrogen-bond acceptors (Lipinski definition) is 7. The van der Waals surface area contributed by atoms with Crippen LogP contribution in [0.25, 0.3) is 0 Å². The predicted octanol–water partition coefficient (Wildman–Crippen LogP) is 1.65. The van der Waals surface area contributed by atoms with Gasteiger partial charge in [0, 0.05) is 12.8 Å². The van der Waals surface area contributed by atoms with Crippen LogP contribution in [0.4, 0.5) is 0 Å². The van der Waals surface area contributed by atoms with Crippen LogP contribution >= 0.6 is 0 Å². The highest BCUT2D eigenvalue weighted by atomic mass is 16.3. The maximum Gasteiger partial charge on any atom is 0.243 e. The maximum absolute atomic E-state index is 13.5. The van der Waals surface area contributed by atoms with Crippen molar-refractivity contribution in [3.8, 4) is 17.2 Å². The van der Waals surface area contributed by atoms with E-state index < -0.39 is 35.8 Å². The van der Waals surface area contributed by atoms with Crippen LogP contribution < -0.4 is 21.7 Å². The van der Waals surface area contributed by atoms with E-state index in [1.165, 1.54) is 24.3 Å². The van der Waals surface area contributed by atoms with Crippen LogP contribution in [0.1, 0.15) is 30.0 Å². The molecule has 10 heteroatoms. The highest BCUT2D eigenvalue weighted by Crippen LogP contribution is 2.15. The highest BCUT2D eigenvalue weighted by molar-refractivity contribution is 5.93. The third-order valence-corrected chi connectivity index (χ3v) is 6.38. The second kappa shape index (κ2) is 14.5. The van der Waals surface area contributed by atoms with Crippen molar-refractivity contribution < 1.29 is 29.7 Å². The minimum atomic E-state index is -1.05. The number of phenolic OH excluding ortho intramolecular Hbond substituents is 3. The van der Waals surface area contributed by atoms with Gasteiger partial charge < -0.3 is 37.0 Å². The molecule has 40 heavy (non-hydrogen) atoms. The SMILES string of the molecule is CCCN[C@@H](Cc1ccc(O)cc1)C(=O)N[C@@H](Cc1ccc(O)cc1)C(=O)N[C@@H](Cc1ccc(O)cc1)C(N)=O. The van der Waals surface area contributed by atoms with Crippen LogP contribution in [-0.4, -0.2) is 57.7 Å². The van der Waals surface area contributed by atoms with Crippen molar-refractivity contribution in [2.45, 2.75) is 50.7 Å². The Morgan fingerprint density at radius 2 is 0.975 bits per heavy atom. The van der Waals surface area contributed by atoms with Crippen molar-refractivity contribution in [3.05, 3.63) is 89.5 Å². The van der Waals surface area contributed by atoms with E-state index in [2.05, 4.69) is 16.0 Å². The first kappa shape index (κ1) is 30.0. The molecule has 3 amide bonds. The van der Waals surface area contributed by atoms with E-state index in [-0.39, 0.29) is 30.1 Å². The lowest BCUT2D eigenvalue weighted by atomic mass is 10.0. The summed E-state index contributed by atoms with van der Waals surface area (Å²) in [5, 5.41) is 37.5. The van der Waals surface area contributed by atoms with Gasteiger partial charge in [-0.2, -0.15) is 0 Å². The third-order valence-electron chi connectivity index (χ3n) is 6.38. The highest BCUT2D eigenvalue weighted by Gasteiger charge is 2.29. The Morgan fingerprint density at radius 1 is 0.625 bits per heavy atom. The molecule has 0 aliphatic rings. The van der Waals surface area contributed by atoms with Crippen LogP contribution in [-0.2, 0) is 33.6 Å². The van der Waals surface area contributed by atoms with Crippen LogP contribution in [0.2, 0.25) is 0 Å². The summed E-state index contributed by atoms with van der Waals surface area (Å²) in [7, 11) is 0. The molecule has 0 heterocycles. The van der Waals surface area contributed by atoms with Gasteiger partial charge in [0.1, 0.15) is 29.3 Å². The molecule has 0 saturated carbocycles. The van der Waals surface area contributed by atoms with Crippen LogP contribution in [0.15, 0.2) is 72.8 Å². The standard InChI is InChI=1S/C30H36N4O6/c1-2-15-32-26(17-20-5-11-23(36)12-6-20)29(39)34-27(18-21-7-13-24(37)14-8-21)30(40)33-25(28(31)38)16-19-3-9-22(35)10-4-19/h3-14,25-27,32,35-37H,2,15-18H2,1H3,(H2,31,38)(H,33,40)(H,34,39)/t25-,26-,27-/m0/s1. The van der Waals surface area contributed by atoms with Crippen LogP contribution in [0, 0.1) is 0 Å². The molecule has 3 rings (SSSR count). The molecule has 10 nitrogen and oxygen atoms in total. The molecule has 0 aliphatic carbocycles. The van der Waals surface area contributed by atoms with Crippen LogP contribution in [0.5, 0.6) is 17.2 Å². The number of carbonyl (C=O) groups is 3. The minimum Gasteiger partial charge on any atom is -0.508 e. The van der Waals surface area contributed by atoms with Gasteiger partial charge in [0.2, 0.25) is 17.7 Å². The Morgan fingerprint density at radius 3 is 1.38 bits per heavy atom. The first-order valence-corrected chi connectivity index (χ1v) is 13.1. The summed E-state index contributed by atoms with van der Waals surface area (Å²) in [6.45, 7) is 2.54. The fourth-order valence-corrected chi connectivity index (χ4v) is 4.16. The number of nitrogens with one attached hydrogen (secondary N) is 3. The van der Waals surface area contributed by atoms with Gasteiger partial charge in [-0.05, 0) is 72.5 Å². The molecular weight excluding hydrogens is 512 g/mol. The largest absolute Gasteiger partial charge is 0.508 e. The fourth-order valence-electron chi connectivity index (χ4n) is 4.16. The van der Waals surface area contributed by atoms with E-state index in [1.54, 1.807) is 48.5 Å². The van der Waals surface area contributed by atoms with Gasteiger partial charge in [-0.25, -0.2) is 0 Å². The fraction of sp³-hybridized carbons (Fsp3) is 0.300. The van der Waals surface area contributed by atoms with Gasteiger partial charge in [0.15, 0.2) is 0 Å². The molecule has 3 aromatic rings. The second-order valence-corrected chi connectivity index (χ2v) is 9.64. The number of hydrogen-bond donors (Lipinski definition) is 7. The average Bonchev–Trinajstić information content (AvgIpc) is 2.93. The Bertz CT molecular complexity index is 1260. The summed E-state index contributed by atoms with van der Waals surface area (Å²) in [6.07, 6.45) is 1.31. The summed E-state index contributed by atoms with van der Waals surface area (Å²) in [4.78, 5) is 39.2. The Balaban J connectivity index is 1.80. The first-order valence-electron chi connectivity index (χ1n) is 13.1. The van der Waals surface area contributed by atoms with E-state index in [0.29, 0.717) is 24.1 Å². The zero-order valence-electron chi connectivity index (χ0n) is 22.3. The van der Waals surface area contributed by atoms with Crippen molar-refractivity contribution in [2.75, 3.05) is 6.54 Å². The van der Waals surface area contributed by atoms with E-state index in [9.17, 15) is 29.7 Å². The number of carbonyl (C=O) groups excluding carboxylic acids is 3. The Kier molecular flexibility index (Phi) is 10.9. The molecule has 0 aromatic heterocycles. The first-order chi connectivity index (χ1) is 19.1. The molecule has 0 fully saturated rings. The van der Waals surface area contributed by atoms with E-state index in [0.717, 1.165) is 12.0 Å². The Hall–Kier alpha value is -4.57. The van der Waals surface area contributed by atoms with Gasteiger partial charge in [0.25, 0.3) is 0 Å². The topological polar surface area (TPSA) is 174 Å². The van der Waals surface area contributed by atoms with Crippen molar-refractivity contribution in [1.29, 1.82) is 0 Å². The lowest BCUT2D eigenvalue weighted by Gasteiger charge is -2.25. The summed E-state index contributed by atoms with van der Waals surface area (Å²) < 4.78 is 0. The van der Waals surface area contributed by atoms with Crippen LogP contribution in [0.3, 0.4) is 0 Å². The van der Waals surface area contributed by atoms with Crippen molar-refractivity contribution in [2.24, 2.45) is 5.73 Å². The lowest BCUT2D eigenvalue weighted by molar-refractivity contribution is -0.132. The van der Waals surface area contributed by atoms with Gasteiger partial charge >= 0.3 is 0 Å². The predicted molar refractivity (Wildman–Crippen MR) is 151 cm³/mol. The molecular formula is C30H36N4O6. The molecule has 8 N–H and O–H groups in total. The third kappa shape index (κ3) is 9.32. The summed E-state index contributed by atoms with van der Waals surface area (Å²) >= 11 is 0. The molecule has 3 atom stereocenters. The lowest BCUT2D eigenvalue weighted by Crippen LogP contribution is -2.57. The number of nitrogens with two attached hydrogens (primary N) is 1. The number of rotatable bonds is 14. The number of benzene rings is 3. The van der Waals surface area contributed by atoms with Crippen molar-refractivity contribution >= 4 is 17.7 Å². The monoisotopic (exact) mass is 548 g/mol. The molecule has 0 spiro atoms. The normalized spacial score (nSPS) is 13.1. The smallest absolute Gasteiger partial charge is 0.243 e. The molecule has 0 aliphatic heterocycles. The zero-order chi connectivity index (χ0) is 29.1. The van der Waals surface area contributed by atoms with E-state index in [1.807, 2.05) is 6.92 Å². The number of aromatic hydroxyl groups is 3. The molecule has 0 bridgehead atoms. The van der Waals surface area contributed by atoms with Crippen molar-refractivity contribution in [3.63, 3.8) is 0 Å². The minimum absolute atomic E-state index is 0.0641. The number of primary amides is 1. The van der Waals surface area contributed by atoms with Gasteiger partial charge in [-0.1, -0.05) is 43.3 Å². The number of phenols is 3. The summed E-state index contributed by atoms with van der Waals surface area (Å²) in [5.74, 6) is -1.50. The summed E-state index contributed by atoms with van der Waals surface area (Å²) in [6, 6.07) is 16.2.